The lowest BCUT2D eigenvalue weighted by atomic mass is 9.96. The molecule has 1 aliphatic heterocycles. The van der Waals surface area contributed by atoms with Crippen LogP contribution in [0.5, 0.6) is 11.5 Å². The zero-order chi connectivity index (χ0) is 28.9. The minimum Gasteiger partial charge on any atom is -0.494 e. The second-order valence-electron chi connectivity index (χ2n) is 9.29. The normalized spacial score (nSPS) is 14.8. The summed E-state index contributed by atoms with van der Waals surface area (Å²) in [5.74, 6) is 0.920. The van der Waals surface area contributed by atoms with Gasteiger partial charge in [0.1, 0.15) is 18.1 Å². The summed E-state index contributed by atoms with van der Waals surface area (Å²) in [6.45, 7) is 6.63. The zero-order valence-electron chi connectivity index (χ0n) is 22.9. The molecule has 0 saturated heterocycles. The Kier molecular flexibility index (Phi) is 8.85. The van der Waals surface area contributed by atoms with Crippen molar-refractivity contribution in [3.63, 3.8) is 0 Å². The molecule has 1 atom stereocenters. The Bertz CT molecular complexity index is 1770. The van der Waals surface area contributed by atoms with Gasteiger partial charge in [0.05, 0.1) is 35.1 Å². The van der Waals surface area contributed by atoms with Crippen molar-refractivity contribution in [2.24, 2.45) is 4.99 Å². The SMILES string of the molecule is CCOC(=O)C1=C(C)N=c2s/c(=C\c3cccc(OCc4ccc(Br)cc4)c3)c(=O)n2[C@@H]1c1ccc(OCC)cc1. The molecule has 0 saturated carbocycles. The number of hydrogen-bond acceptors (Lipinski definition) is 7. The van der Waals surface area contributed by atoms with Gasteiger partial charge in [-0.15, -0.1) is 0 Å². The molecule has 41 heavy (non-hydrogen) atoms. The monoisotopic (exact) mass is 632 g/mol. The number of carbonyl (C=O) groups is 1. The molecule has 2 heterocycles. The van der Waals surface area contributed by atoms with Crippen LogP contribution in [0.1, 0.15) is 43.5 Å². The maximum Gasteiger partial charge on any atom is 0.338 e. The van der Waals surface area contributed by atoms with Gasteiger partial charge in [0.2, 0.25) is 0 Å². The molecule has 3 aromatic carbocycles. The van der Waals surface area contributed by atoms with Crippen molar-refractivity contribution in [3.8, 4) is 11.5 Å². The molecule has 210 valence electrons. The highest BCUT2D eigenvalue weighted by molar-refractivity contribution is 9.10. The molecule has 4 aromatic rings. The van der Waals surface area contributed by atoms with E-state index in [0.29, 0.717) is 45.3 Å². The largest absolute Gasteiger partial charge is 0.494 e. The fourth-order valence-corrected chi connectivity index (χ4v) is 5.92. The molecule has 7 nitrogen and oxygen atoms in total. The number of ether oxygens (including phenoxy) is 3. The lowest BCUT2D eigenvalue weighted by molar-refractivity contribution is -0.139. The molecule has 9 heteroatoms. The van der Waals surface area contributed by atoms with Gasteiger partial charge >= 0.3 is 5.97 Å². The van der Waals surface area contributed by atoms with Crippen molar-refractivity contribution >= 4 is 39.3 Å². The first-order valence-electron chi connectivity index (χ1n) is 13.3. The second-order valence-corrected chi connectivity index (χ2v) is 11.2. The third-order valence-electron chi connectivity index (χ3n) is 6.50. The Morgan fingerprint density at radius 1 is 1.00 bits per heavy atom. The molecule has 1 aromatic heterocycles. The van der Waals surface area contributed by atoms with Crippen LogP contribution in [0.25, 0.3) is 6.08 Å². The number of aromatic nitrogens is 1. The summed E-state index contributed by atoms with van der Waals surface area (Å²) in [4.78, 5) is 32.1. The average molecular weight is 634 g/mol. The van der Waals surface area contributed by atoms with E-state index in [1.165, 1.54) is 11.3 Å². The van der Waals surface area contributed by atoms with Crippen LogP contribution in [-0.2, 0) is 16.1 Å². The van der Waals surface area contributed by atoms with Crippen LogP contribution >= 0.6 is 27.3 Å². The first kappa shape index (κ1) is 28.6. The smallest absolute Gasteiger partial charge is 0.338 e. The molecule has 0 unspecified atom stereocenters. The maximum absolute atomic E-state index is 13.9. The lowest BCUT2D eigenvalue weighted by Crippen LogP contribution is -2.39. The summed E-state index contributed by atoms with van der Waals surface area (Å²) in [5.41, 5.74) is 3.28. The minimum absolute atomic E-state index is 0.219. The van der Waals surface area contributed by atoms with Gasteiger partial charge in [-0.2, -0.15) is 0 Å². The van der Waals surface area contributed by atoms with E-state index in [0.717, 1.165) is 21.2 Å². The maximum atomic E-state index is 13.9. The fraction of sp³-hybridized carbons (Fsp3) is 0.219. The minimum atomic E-state index is -0.677. The summed E-state index contributed by atoms with van der Waals surface area (Å²) in [7, 11) is 0. The van der Waals surface area contributed by atoms with Crippen LogP contribution < -0.4 is 24.4 Å². The number of halogens is 1. The number of nitrogens with zero attached hydrogens (tertiary/aromatic N) is 2. The molecule has 0 aliphatic carbocycles. The van der Waals surface area contributed by atoms with E-state index in [1.807, 2.05) is 85.8 Å². The van der Waals surface area contributed by atoms with Crippen molar-refractivity contribution in [2.45, 2.75) is 33.4 Å². The highest BCUT2D eigenvalue weighted by Crippen LogP contribution is 2.31. The van der Waals surface area contributed by atoms with Gasteiger partial charge in [0.25, 0.3) is 5.56 Å². The average Bonchev–Trinajstić information content (AvgIpc) is 3.27. The first-order valence-corrected chi connectivity index (χ1v) is 14.9. The third-order valence-corrected chi connectivity index (χ3v) is 8.01. The van der Waals surface area contributed by atoms with Crippen molar-refractivity contribution in [1.82, 2.24) is 4.57 Å². The number of allylic oxidation sites excluding steroid dienone is 1. The molecule has 0 fully saturated rings. The highest BCUT2D eigenvalue weighted by atomic mass is 79.9. The fourth-order valence-electron chi connectivity index (χ4n) is 4.61. The van der Waals surface area contributed by atoms with Gasteiger partial charge in [-0.25, -0.2) is 9.79 Å². The number of hydrogen-bond donors (Lipinski definition) is 0. The highest BCUT2D eigenvalue weighted by Gasteiger charge is 2.33. The van der Waals surface area contributed by atoms with Crippen LogP contribution in [0.4, 0.5) is 0 Å². The first-order chi connectivity index (χ1) is 19.9. The standard InChI is InChI=1S/C32H29BrN2O5S/c1-4-38-25-15-11-23(12-16-25)29-28(31(37)39-5-2)20(3)34-32-35(29)30(36)27(41-32)18-22-7-6-8-26(17-22)40-19-21-9-13-24(33)14-10-21/h6-18,29H,4-5,19H2,1-3H3/b27-18-/t29-/m1/s1. The van der Waals surface area contributed by atoms with E-state index >= 15 is 0 Å². The topological polar surface area (TPSA) is 79.1 Å². The van der Waals surface area contributed by atoms with Crippen LogP contribution in [0, 0.1) is 0 Å². The van der Waals surface area contributed by atoms with Crippen molar-refractivity contribution in [1.29, 1.82) is 0 Å². The van der Waals surface area contributed by atoms with E-state index in [2.05, 4.69) is 20.9 Å². The Balaban J connectivity index is 1.53. The predicted octanol–water partition coefficient (Wildman–Crippen LogP) is 5.54. The Hall–Kier alpha value is -3.95. The third kappa shape index (κ3) is 6.36. The number of esters is 1. The van der Waals surface area contributed by atoms with Crippen molar-refractivity contribution in [3.05, 3.63) is 125 Å². The summed E-state index contributed by atoms with van der Waals surface area (Å²) < 4.78 is 20.1. The van der Waals surface area contributed by atoms with Gasteiger partial charge in [-0.1, -0.05) is 63.7 Å². The summed E-state index contributed by atoms with van der Waals surface area (Å²) in [6.07, 6.45) is 1.83. The van der Waals surface area contributed by atoms with E-state index in [9.17, 15) is 9.59 Å². The summed E-state index contributed by atoms with van der Waals surface area (Å²) in [5, 5.41) is 0. The van der Waals surface area contributed by atoms with Crippen LogP contribution in [0.15, 0.2) is 98.3 Å². The molecular formula is C32H29BrN2O5S. The summed E-state index contributed by atoms with van der Waals surface area (Å²) >= 11 is 4.73. The second kappa shape index (κ2) is 12.7. The van der Waals surface area contributed by atoms with Crippen molar-refractivity contribution in [2.75, 3.05) is 13.2 Å². The Morgan fingerprint density at radius 2 is 1.76 bits per heavy atom. The van der Waals surface area contributed by atoms with Crippen molar-refractivity contribution < 1.29 is 19.0 Å². The summed E-state index contributed by atoms with van der Waals surface area (Å²) in [6, 6.07) is 22.3. The molecule has 0 spiro atoms. The zero-order valence-corrected chi connectivity index (χ0v) is 25.3. The molecule has 0 amide bonds. The number of benzene rings is 3. The molecule has 0 bridgehead atoms. The lowest BCUT2D eigenvalue weighted by Gasteiger charge is -2.24. The van der Waals surface area contributed by atoms with E-state index in [4.69, 9.17) is 14.2 Å². The quantitative estimate of drug-likeness (QED) is 0.226. The Morgan fingerprint density at radius 3 is 2.46 bits per heavy atom. The van der Waals surface area contributed by atoms with Gasteiger partial charge in [0.15, 0.2) is 4.80 Å². The molecule has 0 N–H and O–H groups in total. The predicted molar refractivity (Wildman–Crippen MR) is 163 cm³/mol. The number of rotatable bonds is 9. The molecular weight excluding hydrogens is 604 g/mol. The molecule has 1 aliphatic rings. The van der Waals surface area contributed by atoms with Gasteiger partial charge < -0.3 is 14.2 Å². The van der Waals surface area contributed by atoms with E-state index in [-0.39, 0.29) is 12.2 Å². The number of thiazole rings is 1. The van der Waals surface area contributed by atoms with Gasteiger partial charge in [-0.3, -0.25) is 9.36 Å². The number of fused-ring (bicyclic) bond motifs is 1. The number of carbonyl (C=O) groups excluding carboxylic acids is 1. The molecule has 5 rings (SSSR count). The van der Waals surface area contributed by atoms with Gasteiger partial charge in [0, 0.05) is 4.47 Å². The van der Waals surface area contributed by atoms with Crippen LogP contribution in [-0.4, -0.2) is 23.8 Å². The van der Waals surface area contributed by atoms with Gasteiger partial charge in [-0.05, 0) is 79.9 Å². The van der Waals surface area contributed by atoms with Crippen LogP contribution in [0.2, 0.25) is 0 Å². The Labute approximate surface area is 250 Å². The van der Waals surface area contributed by atoms with E-state index < -0.39 is 12.0 Å². The van der Waals surface area contributed by atoms with E-state index in [1.54, 1.807) is 18.4 Å². The molecule has 0 radical (unpaired) electrons. The van der Waals surface area contributed by atoms with Crippen LogP contribution in [0.3, 0.4) is 0 Å².